The van der Waals surface area contributed by atoms with E-state index in [-0.39, 0.29) is 0 Å². The van der Waals surface area contributed by atoms with Crippen LogP contribution in [0.2, 0.25) is 0 Å². The van der Waals surface area contributed by atoms with Crippen molar-refractivity contribution in [2.75, 3.05) is 5.32 Å². The summed E-state index contributed by atoms with van der Waals surface area (Å²) >= 11 is 1.43. The number of anilines is 1. The number of nitrogens with one attached hydrogen (secondary N) is 2. The van der Waals surface area contributed by atoms with Gasteiger partial charge in [0.05, 0.1) is 28.5 Å². The minimum absolute atomic E-state index is 0.328. The molecular weight excluding hydrogens is 442 g/mol. The molecule has 3 atom stereocenters. The summed E-state index contributed by atoms with van der Waals surface area (Å²) in [5.74, 6) is -0.364. The summed E-state index contributed by atoms with van der Waals surface area (Å²) in [6, 6.07) is 7.58. The van der Waals surface area contributed by atoms with Gasteiger partial charge in [-0.2, -0.15) is 5.10 Å². The molecule has 0 saturated carbocycles. The number of H-pyrrole nitrogens is 1. The predicted octanol–water partition coefficient (Wildman–Crippen LogP) is 4.65. The Morgan fingerprint density at radius 1 is 1.24 bits per heavy atom. The van der Waals surface area contributed by atoms with Gasteiger partial charge in [-0.3, -0.25) is 14.8 Å². The average Bonchev–Trinajstić information content (AvgIpc) is 3.40. The molecule has 9 nitrogen and oxygen atoms in total. The largest absolute Gasteiger partial charge is 0.465 e. The number of aliphatic hydroxyl groups is 1. The van der Waals surface area contributed by atoms with Crippen molar-refractivity contribution in [2.24, 2.45) is 5.41 Å². The summed E-state index contributed by atoms with van der Waals surface area (Å²) in [7, 11) is 0. The van der Waals surface area contributed by atoms with Crippen LogP contribution in [0.1, 0.15) is 58.0 Å². The second-order valence-corrected chi connectivity index (χ2v) is 10.2. The summed E-state index contributed by atoms with van der Waals surface area (Å²) in [5, 5.41) is 31.0. The number of unbranched alkanes of at least 4 members (excludes halogenated alkanes) is 1. The second-order valence-electron chi connectivity index (χ2n) is 9.09. The number of carboxylic acid groups (broad SMARTS) is 1. The molecular formula is C23H31N5O4S. The van der Waals surface area contributed by atoms with E-state index in [4.69, 9.17) is 4.98 Å². The molecule has 0 spiro atoms. The highest BCUT2D eigenvalue weighted by molar-refractivity contribution is 7.18. The summed E-state index contributed by atoms with van der Waals surface area (Å²) in [6.07, 6.45) is 0.472. The molecule has 2 aromatic heterocycles. The van der Waals surface area contributed by atoms with Crippen molar-refractivity contribution in [3.63, 3.8) is 0 Å². The van der Waals surface area contributed by atoms with E-state index in [0.717, 1.165) is 16.6 Å². The monoisotopic (exact) mass is 473 g/mol. The minimum Gasteiger partial charge on any atom is -0.465 e. The van der Waals surface area contributed by atoms with Gasteiger partial charge in [-0.1, -0.05) is 52.7 Å². The van der Waals surface area contributed by atoms with Gasteiger partial charge in [0.25, 0.3) is 5.91 Å². The molecule has 1 aromatic carbocycles. The lowest BCUT2D eigenvalue weighted by Gasteiger charge is -2.42. The maximum absolute atomic E-state index is 12.9. The SMILES string of the molecule is CCCC[C@@H]([C@@H](O)C(=O)Nc1ccn[nH]1)N(C(=O)O)[C@H](c1nc2ccccc2s1)C(C)(C)C. The lowest BCUT2D eigenvalue weighted by atomic mass is 9.84. The highest BCUT2D eigenvalue weighted by Crippen LogP contribution is 2.43. The molecule has 0 bridgehead atoms. The molecule has 0 unspecified atom stereocenters. The van der Waals surface area contributed by atoms with Crippen molar-refractivity contribution < 1.29 is 19.8 Å². The molecule has 4 N–H and O–H groups in total. The number of rotatable bonds is 9. The summed E-state index contributed by atoms with van der Waals surface area (Å²) < 4.78 is 0.953. The van der Waals surface area contributed by atoms with Crippen LogP contribution in [0, 0.1) is 5.41 Å². The zero-order valence-corrected chi connectivity index (χ0v) is 20.1. The van der Waals surface area contributed by atoms with Gasteiger partial charge in [0.2, 0.25) is 0 Å². The third-order valence-corrected chi connectivity index (χ3v) is 6.55. The molecule has 10 heteroatoms. The normalized spacial score (nSPS) is 14.6. The van der Waals surface area contributed by atoms with Crippen LogP contribution < -0.4 is 5.32 Å². The number of thiazole rings is 1. The number of aliphatic hydroxyl groups excluding tert-OH is 1. The highest BCUT2D eigenvalue weighted by Gasteiger charge is 2.44. The first-order valence-electron chi connectivity index (χ1n) is 11.0. The van der Waals surface area contributed by atoms with Gasteiger partial charge in [0.1, 0.15) is 10.8 Å². The molecule has 0 saturated heterocycles. The van der Waals surface area contributed by atoms with Gasteiger partial charge in [0.15, 0.2) is 6.10 Å². The van der Waals surface area contributed by atoms with Crippen LogP contribution in [-0.4, -0.2) is 54.4 Å². The lowest BCUT2D eigenvalue weighted by Crippen LogP contribution is -2.54. The van der Waals surface area contributed by atoms with Crippen LogP contribution in [0.3, 0.4) is 0 Å². The average molecular weight is 474 g/mol. The van der Waals surface area contributed by atoms with Gasteiger partial charge in [-0.25, -0.2) is 9.78 Å². The molecule has 0 fully saturated rings. The fourth-order valence-corrected chi connectivity index (χ4v) is 5.24. The molecule has 3 aromatic rings. The van der Waals surface area contributed by atoms with Crippen molar-refractivity contribution in [1.29, 1.82) is 0 Å². The molecule has 33 heavy (non-hydrogen) atoms. The van der Waals surface area contributed by atoms with Crippen molar-refractivity contribution in [3.8, 4) is 0 Å². The smallest absolute Gasteiger partial charge is 0.408 e. The van der Waals surface area contributed by atoms with Gasteiger partial charge in [0, 0.05) is 6.07 Å². The molecule has 2 heterocycles. The molecule has 0 radical (unpaired) electrons. The number of aromatic nitrogens is 3. The number of aromatic amines is 1. The molecule has 3 rings (SSSR count). The summed E-state index contributed by atoms with van der Waals surface area (Å²) in [4.78, 5) is 31.5. The Morgan fingerprint density at radius 3 is 2.55 bits per heavy atom. The van der Waals surface area contributed by atoms with Crippen LogP contribution in [0.25, 0.3) is 10.2 Å². The number of nitrogens with zero attached hydrogens (tertiary/aromatic N) is 3. The van der Waals surface area contributed by atoms with E-state index in [1.807, 2.05) is 52.0 Å². The first kappa shape index (κ1) is 24.7. The Balaban J connectivity index is 2.03. The third-order valence-electron chi connectivity index (χ3n) is 5.47. The number of hydrogen-bond donors (Lipinski definition) is 4. The van der Waals surface area contributed by atoms with Crippen molar-refractivity contribution in [2.45, 2.75) is 65.1 Å². The number of amides is 2. The van der Waals surface area contributed by atoms with Crippen LogP contribution in [0.5, 0.6) is 0 Å². The number of hydrogen-bond acceptors (Lipinski definition) is 6. The highest BCUT2D eigenvalue weighted by atomic mass is 32.1. The fraction of sp³-hybridized carbons (Fsp3) is 0.478. The van der Waals surface area contributed by atoms with Gasteiger partial charge in [-0.05, 0) is 24.0 Å². The van der Waals surface area contributed by atoms with Crippen molar-refractivity contribution in [3.05, 3.63) is 41.5 Å². The van der Waals surface area contributed by atoms with Crippen LogP contribution in [0.4, 0.5) is 10.6 Å². The zero-order chi connectivity index (χ0) is 24.2. The van der Waals surface area contributed by atoms with Crippen LogP contribution in [-0.2, 0) is 4.79 Å². The Bertz CT molecular complexity index is 1040. The number of fused-ring (bicyclic) bond motifs is 1. The molecule has 0 aliphatic carbocycles. The van der Waals surface area contributed by atoms with E-state index >= 15 is 0 Å². The molecule has 0 aliphatic heterocycles. The van der Waals surface area contributed by atoms with E-state index in [2.05, 4.69) is 15.5 Å². The third kappa shape index (κ3) is 5.69. The number of carbonyl (C=O) groups excluding carboxylic acids is 1. The number of benzene rings is 1. The van der Waals surface area contributed by atoms with Crippen molar-refractivity contribution in [1.82, 2.24) is 20.1 Å². The molecule has 2 amide bonds. The maximum atomic E-state index is 12.9. The van der Waals surface area contributed by atoms with E-state index in [0.29, 0.717) is 23.7 Å². The van der Waals surface area contributed by atoms with E-state index in [1.54, 1.807) is 6.07 Å². The van der Waals surface area contributed by atoms with Crippen LogP contribution in [0.15, 0.2) is 36.5 Å². The van der Waals surface area contributed by atoms with E-state index in [1.165, 1.54) is 22.4 Å². The topological polar surface area (TPSA) is 131 Å². The Kier molecular flexibility index (Phi) is 7.70. The summed E-state index contributed by atoms with van der Waals surface area (Å²) in [5.41, 5.74) is 0.246. The standard InChI is InChI=1S/C23H31N5O4S/c1-5-6-10-15(18(29)20(30)26-17-12-13-24-27-17)28(22(31)32)19(23(2,3)4)21-25-14-9-7-8-11-16(14)33-21/h7-9,11-13,15,18-19,29H,5-6,10H2,1-4H3,(H,31,32)(H2,24,26,27,30)/t15-,18+,19+/m0/s1. The minimum atomic E-state index is -1.57. The lowest BCUT2D eigenvalue weighted by molar-refractivity contribution is -0.128. The molecule has 178 valence electrons. The Labute approximate surface area is 196 Å². The van der Waals surface area contributed by atoms with E-state index in [9.17, 15) is 19.8 Å². The maximum Gasteiger partial charge on any atom is 0.408 e. The first-order chi connectivity index (χ1) is 15.6. The van der Waals surface area contributed by atoms with Gasteiger partial charge < -0.3 is 15.5 Å². The number of carbonyl (C=O) groups is 2. The molecule has 0 aliphatic rings. The Morgan fingerprint density at radius 2 is 1.97 bits per heavy atom. The van der Waals surface area contributed by atoms with Crippen molar-refractivity contribution >= 4 is 39.4 Å². The van der Waals surface area contributed by atoms with Crippen LogP contribution >= 0.6 is 11.3 Å². The quantitative estimate of drug-likeness (QED) is 0.358. The number of para-hydroxylation sites is 1. The summed E-state index contributed by atoms with van der Waals surface area (Å²) in [6.45, 7) is 7.79. The fourth-order valence-electron chi connectivity index (χ4n) is 3.93. The van der Waals surface area contributed by atoms with Gasteiger partial charge >= 0.3 is 6.09 Å². The second kappa shape index (κ2) is 10.3. The van der Waals surface area contributed by atoms with Gasteiger partial charge in [-0.15, -0.1) is 11.3 Å². The Hall–Kier alpha value is -2.98. The predicted molar refractivity (Wildman–Crippen MR) is 128 cm³/mol. The van der Waals surface area contributed by atoms with E-state index < -0.39 is 35.6 Å². The first-order valence-corrected chi connectivity index (χ1v) is 11.8. The zero-order valence-electron chi connectivity index (χ0n) is 19.3.